The minimum Gasteiger partial charge on any atom is -0.381 e. The smallest absolute Gasteiger partial charge is 0.0687 e. The first kappa shape index (κ1) is 7.56. The lowest BCUT2D eigenvalue weighted by atomic mass is 9.80. The molecule has 2 nitrogen and oxygen atoms in total. The highest BCUT2D eigenvalue weighted by Gasteiger charge is 2.32. The summed E-state index contributed by atoms with van der Waals surface area (Å²) in [4.78, 5) is 0. The van der Waals surface area contributed by atoms with Gasteiger partial charge >= 0.3 is 0 Å². The number of nitriles is 1. The number of rotatable bonds is 1. The first-order valence-electron chi connectivity index (χ1n) is 3.66. The second kappa shape index (κ2) is 2.59. The van der Waals surface area contributed by atoms with Gasteiger partial charge in [-0.2, -0.15) is 5.26 Å². The third-order valence-corrected chi connectivity index (χ3v) is 2.24. The van der Waals surface area contributed by atoms with Crippen molar-refractivity contribution >= 4 is 0 Å². The molecule has 0 unspecified atom stereocenters. The van der Waals surface area contributed by atoms with Gasteiger partial charge in [-0.15, -0.1) is 0 Å². The van der Waals surface area contributed by atoms with E-state index in [4.69, 9.17) is 10.00 Å². The van der Waals surface area contributed by atoms with Gasteiger partial charge in [-0.1, -0.05) is 0 Å². The zero-order valence-electron chi connectivity index (χ0n) is 6.55. The van der Waals surface area contributed by atoms with Gasteiger partial charge in [0.1, 0.15) is 0 Å². The van der Waals surface area contributed by atoms with E-state index in [0.717, 1.165) is 19.6 Å². The van der Waals surface area contributed by atoms with E-state index in [-0.39, 0.29) is 5.41 Å². The molecule has 2 heteroatoms. The molecule has 0 radical (unpaired) electrons. The van der Waals surface area contributed by atoms with E-state index in [1.54, 1.807) is 0 Å². The van der Waals surface area contributed by atoms with Gasteiger partial charge in [-0.25, -0.2) is 0 Å². The lowest BCUT2D eigenvalue weighted by Gasteiger charge is -2.21. The van der Waals surface area contributed by atoms with Gasteiger partial charge in [-0.05, 0) is 20.3 Å². The van der Waals surface area contributed by atoms with Crippen LogP contribution in [0.4, 0.5) is 0 Å². The molecule has 1 atom stereocenters. The van der Waals surface area contributed by atoms with E-state index >= 15 is 0 Å². The summed E-state index contributed by atoms with van der Waals surface area (Å²) in [7, 11) is 0. The fourth-order valence-corrected chi connectivity index (χ4v) is 1.19. The first-order chi connectivity index (χ1) is 4.67. The third-order valence-electron chi connectivity index (χ3n) is 2.24. The summed E-state index contributed by atoms with van der Waals surface area (Å²) in [5.74, 6) is 0.442. The molecule has 1 rings (SSSR count). The summed E-state index contributed by atoms with van der Waals surface area (Å²) in [6.07, 6.45) is 1.04. The van der Waals surface area contributed by atoms with Crippen LogP contribution in [0.15, 0.2) is 0 Å². The van der Waals surface area contributed by atoms with Crippen LogP contribution >= 0.6 is 0 Å². The van der Waals surface area contributed by atoms with Crippen LogP contribution in [0, 0.1) is 22.7 Å². The van der Waals surface area contributed by atoms with Crippen molar-refractivity contribution in [1.82, 2.24) is 0 Å². The van der Waals surface area contributed by atoms with Gasteiger partial charge in [0.05, 0.1) is 18.1 Å². The van der Waals surface area contributed by atoms with E-state index in [9.17, 15) is 0 Å². The van der Waals surface area contributed by atoms with E-state index in [0.29, 0.717) is 5.92 Å². The van der Waals surface area contributed by atoms with Gasteiger partial charge in [-0.3, -0.25) is 0 Å². The monoisotopic (exact) mass is 139 g/mol. The van der Waals surface area contributed by atoms with E-state index in [1.165, 1.54) is 0 Å². The predicted octanol–water partition coefficient (Wildman–Crippen LogP) is 1.57. The molecule has 0 aromatic heterocycles. The van der Waals surface area contributed by atoms with Gasteiger partial charge < -0.3 is 4.74 Å². The summed E-state index contributed by atoms with van der Waals surface area (Å²) < 4.78 is 5.19. The maximum Gasteiger partial charge on any atom is 0.0687 e. The molecule has 1 fully saturated rings. The molecule has 0 N–H and O–H groups in total. The molecule has 0 saturated carbocycles. The van der Waals surface area contributed by atoms with Crippen LogP contribution in [0.2, 0.25) is 0 Å². The molecule has 0 aliphatic carbocycles. The second-order valence-corrected chi connectivity index (χ2v) is 3.39. The molecular formula is C8H13NO. The summed E-state index contributed by atoms with van der Waals surface area (Å²) in [5, 5.41) is 8.75. The Balaban J connectivity index is 2.56. The zero-order valence-corrected chi connectivity index (χ0v) is 6.55. The lowest BCUT2D eigenvalue weighted by molar-refractivity contribution is 0.164. The molecule has 0 aromatic carbocycles. The predicted molar refractivity (Wildman–Crippen MR) is 38.3 cm³/mol. The van der Waals surface area contributed by atoms with Gasteiger partial charge in [0.15, 0.2) is 0 Å². The molecule has 0 aromatic rings. The average Bonchev–Trinajstić information content (AvgIpc) is 2.38. The molecule has 56 valence electrons. The highest BCUT2D eigenvalue weighted by Crippen LogP contribution is 2.31. The Labute approximate surface area is 61.8 Å². The van der Waals surface area contributed by atoms with Crippen LogP contribution in [-0.4, -0.2) is 13.2 Å². The van der Waals surface area contributed by atoms with Crippen LogP contribution in [0.5, 0.6) is 0 Å². The topological polar surface area (TPSA) is 33.0 Å². The highest BCUT2D eigenvalue weighted by atomic mass is 16.5. The van der Waals surface area contributed by atoms with Crippen LogP contribution in [0.25, 0.3) is 0 Å². The Kier molecular flexibility index (Phi) is 1.96. The number of nitrogens with zero attached hydrogens (tertiary/aromatic N) is 1. The number of ether oxygens (including phenoxy) is 1. The lowest BCUT2D eigenvalue weighted by Crippen LogP contribution is -2.21. The Hall–Kier alpha value is -0.550. The Morgan fingerprint density at radius 2 is 2.30 bits per heavy atom. The Morgan fingerprint density at radius 1 is 1.60 bits per heavy atom. The summed E-state index contributed by atoms with van der Waals surface area (Å²) in [6.45, 7) is 5.55. The van der Waals surface area contributed by atoms with Crippen molar-refractivity contribution in [1.29, 1.82) is 5.26 Å². The van der Waals surface area contributed by atoms with Crippen LogP contribution < -0.4 is 0 Å². The molecule has 10 heavy (non-hydrogen) atoms. The average molecular weight is 139 g/mol. The molecule has 1 aliphatic heterocycles. The van der Waals surface area contributed by atoms with Crippen LogP contribution in [0.1, 0.15) is 20.3 Å². The summed E-state index contributed by atoms with van der Waals surface area (Å²) in [6, 6.07) is 2.30. The maximum atomic E-state index is 8.75. The van der Waals surface area contributed by atoms with Crippen molar-refractivity contribution in [3.05, 3.63) is 0 Å². The molecule has 1 saturated heterocycles. The Bertz CT molecular complexity index is 151. The van der Waals surface area contributed by atoms with Crippen molar-refractivity contribution < 1.29 is 4.74 Å². The standard InChI is InChI=1S/C8H13NO/c1-8(2,6-9)7-3-4-10-5-7/h7H,3-5H2,1-2H3/t7-/m1/s1. The second-order valence-electron chi connectivity index (χ2n) is 3.39. The molecule has 1 heterocycles. The zero-order chi connectivity index (χ0) is 7.61. The molecule has 0 amide bonds. The van der Waals surface area contributed by atoms with Crippen LogP contribution in [-0.2, 0) is 4.74 Å². The van der Waals surface area contributed by atoms with Crippen molar-refractivity contribution in [3.63, 3.8) is 0 Å². The van der Waals surface area contributed by atoms with E-state index in [1.807, 2.05) is 13.8 Å². The quantitative estimate of drug-likeness (QED) is 0.552. The minimum absolute atomic E-state index is 0.198. The third kappa shape index (κ3) is 1.30. The van der Waals surface area contributed by atoms with Crippen LogP contribution in [0.3, 0.4) is 0 Å². The normalized spacial score (nSPS) is 26.3. The highest BCUT2D eigenvalue weighted by molar-refractivity contribution is 4.97. The minimum atomic E-state index is -0.198. The van der Waals surface area contributed by atoms with Crippen molar-refractivity contribution in [2.45, 2.75) is 20.3 Å². The Morgan fingerprint density at radius 3 is 2.70 bits per heavy atom. The van der Waals surface area contributed by atoms with Crippen molar-refractivity contribution in [3.8, 4) is 6.07 Å². The molecule has 0 bridgehead atoms. The van der Waals surface area contributed by atoms with Crippen molar-refractivity contribution in [2.75, 3.05) is 13.2 Å². The summed E-state index contributed by atoms with van der Waals surface area (Å²) >= 11 is 0. The van der Waals surface area contributed by atoms with E-state index < -0.39 is 0 Å². The fourth-order valence-electron chi connectivity index (χ4n) is 1.19. The van der Waals surface area contributed by atoms with Gasteiger partial charge in [0.2, 0.25) is 0 Å². The number of hydrogen-bond acceptors (Lipinski definition) is 2. The maximum absolute atomic E-state index is 8.75. The SMILES string of the molecule is CC(C)(C#N)[C@@H]1CCOC1. The number of hydrogen-bond donors (Lipinski definition) is 0. The molecule has 0 spiro atoms. The summed E-state index contributed by atoms with van der Waals surface area (Å²) in [5.41, 5.74) is -0.198. The van der Waals surface area contributed by atoms with Gasteiger partial charge in [0.25, 0.3) is 0 Å². The van der Waals surface area contributed by atoms with Gasteiger partial charge in [0, 0.05) is 12.5 Å². The molecular weight excluding hydrogens is 126 g/mol. The first-order valence-corrected chi connectivity index (χ1v) is 3.66. The van der Waals surface area contributed by atoms with E-state index in [2.05, 4.69) is 6.07 Å². The molecule has 1 aliphatic rings. The van der Waals surface area contributed by atoms with Crippen molar-refractivity contribution in [2.24, 2.45) is 11.3 Å². The fraction of sp³-hybridized carbons (Fsp3) is 0.875. The largest absolute Gasteiger partial charge is 0.381 e.